The van der Waals surface area contributed by atoms with E-state index >= 15 is 0 Å². The molecule has 0 saturated carbocycles. The Kier molecular flexibility index (Phi) is 5.06. The predicted octanol–water partition coefficient (Wildman–Crippen LogP) is 2.29. The van der Waals surface area contributed by atoms with Gasteiger partial charge < -0.3 is 15.5 Å². The molecule has 3 heterocycles. The van der Waals surface area contributed by atoms with Crippen LogP contribution in [0.5, 0.6) is 0 Å². The van der Waals surface area contributed by atoms with Gasteiger partial charge in [-0.25, -0.2) is 4.98 Å². The van der Waals surface area contributed by atoms with Gasteiger partial charge in [-0.2, -0.15) is 15.3 Å². The second-order valence-electron chi connectivity index (χ2n) is 7.32. The van der Waals surface area contributed by atoms with Gasteiger partial charge in [-0.1, -0.05) is 12.1 Å². The maximum atomic E-state index is 12.0. The molecule has 1 amide bonds. The average Bonchev–Trinajstić information content (AvgIpc) is 3.19. The van der Waals surface area contributed by atoms with Gasteiger partial charge in [-0.15, -0.1) is 0 Å². The molecule has 0 aliphatic carbocycles. The van der Waals surface area contributed by atoms with Crippen molar-refractivity contribution >= 4 is 23.4 Å². The molecule has 30 heavy (non-hydrogen) atoms. The number of carbonyl (C=O) groups excluding carboxylic acids is 1. The molecule has 9 nitrogen and oxygen atoms in total. The second kappa shape index (κ2) is 7.83. The van der Waals surface area contributed by atoms with Crippen molar-refractivity contribution in [1.29, 1.82) is 5.26 Å². The van der Waals surface area contributed by atoms with Gasteiger partial charge in [0.1, 0.15) is 11.7 Å². The molecule has 1 aromatic carbocycles. The lowest BCUT2D eigenvalue weighted by Crippen LogP contribution is -2.44. The molecular formula is C21H22N8O. The summed E-state index contributed by atoms with van der Waals surface area (Å²) >= 11 is 0. The van der Waals surface area contributed by atoms with Crippen LogP contribution in [0.25, 0.3) is 0 Å². The van der Waals surface area contributed by atoms with E-state index in [-0.39, 0.29) is 11.9 Å². The third-order valence-corrected chi connectivity index (χ3v) is 5.18. The summed E-state index contributed by atoms with van der Waals surface area (Å²) in [7, 11) is 1.85. The molecule has 0 spiro atoms. The van der Waals surface area contributed by atoms with Crippen molar-refractivity contribution in [3.05, 3.63) is 59.0 Å². The lowest BCUT2D eigenvalue weighted by molar-refractivity contribution is -0.117. The van der Waals surface area contributed by atoms with Crippen LogP contribution in [0, 0.1) is 18.3 Å². The molecular weight excluding hydrogens is 380 g/mol. The fraction of sp³-hybridized carbons (Fsp3) is 0.286. The zero-order valence-corrected chi connectivity index (χ0v) is 17.0. The largest absolute Gasteiger partial charge is 0.350 e. The number of carbonyl (C=O) groups is 1. The van der Waals surface area contributed by atoms with E-state index < -0.39 is 0 Å². The molecule has 2 aromatic heterocycles. The Balaban J connectivity index is 1.44. The molecule has 9 heteroatoms. The van der Waals surface area contributed by atoms with Crippen LogP contribution in [0.2, 0.25) is 0 Å². The van der Waals surface area contributed by atoms with Gasteiger partial charge in [0.05, 0.1) is 30.1 Å². The number of likely N-dealkylation sites (N-methyl/N-ethyl adjacent to an activating group) is 1. The highest BCUT2D eigenvalue weighted by Gasteiger charge is 2.30. The minimum Gasteiger partial charge on any atom is -0.350 e. The average molecular weight is 402 g/mol. The van der Waals surface area contributed by atoms with Crippen molar-refractivity contribution in [1.82, 2.24) is 19.7 Å². The van der Waals surface area contributed by atoms with Crippen LogP contribution in [0.4, 0.5) is 17.5 Å². The summed E-state index contributed by atoms with van der Waals surface area (Å²) in [6, 6.07) is 9.29. The number of nitrogens with one attached hydrogen (secondary N) is 2. The molecule has 1 atom stereocenters. The number of benzene rings is 1. The quantitative estimate of drug-likeness (QED) is 0.673. The summed E-state index contributed by atoms with van der Waals surface area (Å²) < 4.78 is 1.85. The molecule has 4 rings (SSSR count). The zero-order chi connectivity index (χ0) is 21.3. The molecule has 3 aromatic rings. The third kappa shape index (κ3) is 3.80. The zero-order valence-electron chi connectivity index (χ0n) is 17.0. The number of aryl methyl sites for hydroxylation is 1. The summed E-state index contributed by atoms with van der Waals surface area (Å²) in [5, 5.41) is 19.4. The van der Waals surface area contributed by atoms with Crippen LogP contribution in [-0.4, -0.2) is 38.7 Å². The van der Waals surface area contributed by atoms with Gasteiger partial charge in [0.25, 0.3) is 0 Å². The summed E-state index contributed by atoms with van der Waals surface area (Å²) in [5.74, 6) is 1.14. The molecule has 0 saturated heterocycles. The van der Waals surface area contributed by atoms with E-state index in [1.54, 1.807) is 18.3 Å². The van der Waals surface area contributed by atoms with E-state index in [4.69, 9.17) is 5.26 Å². The van der Waals surface area contributed by atoms with E-state index in [9.17, 15) is 4.79 Å². The smallest absolute Gasteiger partial charge is 0.246 e. The van der Waals surface area contributed by atoms with E-state index in [1.165, 1.54) is 0 Å². The molecule has 152 valence electrons. The van der Waals surface area contributed by atoms with Crippen LogP contribution in [-0.2, 0) is 17.9 Å². The molecule has 1 aliphatic heterocycles. The number of amides is 1. The Morgan fingerprint density at radius 3 is 2.73 bits per heavy atom. The minimum atomic E-state index is -0.292. The standard InChI is InChI=1S/C21H22N8O/c1-13-18-19(28(3)14(2)20(30)26-18)27-21(25-13)23-9-17-10-24-29(12-17)11-16-6-4-15(8-22)5-7-16/h4-7,10,12,14H,9,11H2,1-3H3,(H,26,30)(H,23,25,27)/t14-/m0/s1. The summed E-state index contributed by atoms with van der Waals surface area (Å²) in [6.45, 7) is 4.84. The van der Waals surface area contributed by atoms with E-state index in [0.717, 1.165) is 11.1 Å². The Labute approximate surface area is 174 Å². The number of fused-ring (bicyclic) bond motifs is 1. The number of hydrogen-bond acceptors (Lipinski definition) is 7. The number of nitrogens with zero attached hydrogens (tertiary/aromatic N) is 6. The van der Waals surface area contributed by atoms with Crippen molar-refractivity contribution in [2.24, 2.45) is 0 Å². The monoisotopic (exact) mass is 402 g/mol. The summed E-state index contributed by atoms with van der Waals surface area (Å²) in [5.41, 5.74) is 4.08. The van der Waals surface area contributed by atoms with E-state index in [1.807, 2.05) is 48.8 Å². The lowest BCUT2D eigenvalue weighted by Gasteiger charge is -2.32. The number of anilines is 3. The number of hydrogen-bond donors (Lipinski definition) is 2. The highest BCUT2D eigenvalue weighted by molar-refractivity contribution is 6.03. The first-order valence-electron chi connectivity index (χ1n) is 9.61. The highest BCUT2D eigenvalue weighted by Crippen LogP contribution is 2.32. The normalized spacial score (nSPS) is 15.3. The molecule has 0 bridgehead atoms. The van der Waals surface area contributed by atoms with Gasteiger partial charge in [-0.05, 0) is 31.5 Å². The first-order valence-corrected chi connectivity index (χ1v) is 9.61. The Morgan fingerprint density at radius 2 is 2.00 bits per heavy atom. The topological polar surface area (TPSA) is 112 Å². The van der Waals surface area contributed by atoms with Gasteiger partial charge in [0, 0.05) is 25.4 Å². The first-order chi connectivity index (χ1) is 14.4. The maximum Gasteiger partial charge on any atom is 0.246 e. The highest BCUT2D eigenvalue weighted by atomic mass is 16.2. The Morgan fingerprint density at radius 1 is 1.23 bits per heavy atom. The van der Waals surface area contributed by atoms with Gasteiger partial charge >= 0.3 is 0 Å². The number of aromatic nitrogens is 4. The van der Waals surface area contributed by atoms with Crippen molar-refractivity contribution in [2.75, 3.05) is 22.6 Å². The van der Waals surface area contributed by atoms with Gasteiger partial charge in [-0.3, -0.25) is 9.48 Å². The van der Waals surface area contributed by atoms with Crippen molar-refractivity contribution in [3.8, 4) is 6.07 Å². The predicted molar refractivity (Wildman–Crippen MR) is 113 cm³/mol. The van der Waals surface area contributed by atoms with Crippen LogP contribution in [0.1, 0.15) is 29.3 Å². The Bertz CT molecular complexity index is 1130. The minimum absolute atomic E-state index is 0.0629. The van der Waals surface area contributed by atoms with Gasteiger partial charge in [0.2, 0.25) is 11.9 Å². The molecule has 0 radical (unpaired) electrons. The number of rotatable bonds is 5. The first kappa shape index (κ1) is 19.4. The SMILES string of the molecule is Cc1nc(NCc2cnn(Cc3ccc(C#N)cc3)c2)nc2c1NC(=O)[C@H](C)N2C. The van der Waals surface area contributed by atoms with Crippen molar-refractivity contribution < 1.29 is 4.79 Å². The van der Waals surface area contributed by atoms with Crippen LogP contribution >= 0.6 is 0 Å². The third-order valence-electron chi connectivity index (χ3n) is 5.18. The molecule has 0 fully saturated rings. The molecule has 0 unspecified atom stereocenters. The summed E-state index contributed by atoms with van der Waals surface area (Å²) in [4.78, 5) is 22.9. The van der Waals surface area contributed by atoms with E-state index in [0.29, 0.717) is 41.8 Å². The summed E-state index contributed by atoms with van der Waals surface area (Å²) in [6.07, 6.45) is 3.77. The fourth-order valence-electron chi connectivity index (χ4n) is 3.26. The Hall–Kier alpha value is -3.93. The van der Waals surface area contributed by atoms with Crippen molar-refractivity contribution in [2.45, 2.75) is 33.0 Å². The van der Waals surface area contributed by atoms with Crippen LogP contribution in [0.3, 0.4) is 0 Å². The fourth-order valence-corrected chi connectivity index (χ4v) is 3.26. The molecule has 2 N–H and O–H groups in total. The second-order valence-corrected chi connectivity index (χ2v) is 7.32. The lowest BCUT2D eigenvalue weighted by atomic mass is 10.1. The van der Waals surface area contributed by atoms with Gasteiger partial charge in [0.15, 0.2) is 5.82 Å². The van der Waals surface area contributed by atoms with Crippen molar-refractivity contribution in [3.63, 3.8) is 0 Å². The number of nitriles is 1. The maximum absolute atomic E-state index is 12.0. The van der Waals surface area contributed by atoms with Crippen LogP contribution in [0.15, 0.2) is 36.7 Å². The van der Waals surface area contributed by atoms with E-state index in [2.05, 4.69) is 31.8 Å². The van der Waals surface area contributed by atoms with Crippen LogP contribution < -0.4 is 15.5 Å². The molecule has 1 aliphatic rings.